The summed E-state index contributed by atoms with van der Waals surface area (Å²) in [5.41, 5.74) is 4.20. The molecule has 32 heavy (non-hydrogen) atoms. The molecule has 0 amide bonds. The maximum atomic E-state index is 9.06. The minimum atomic E-state index is 0.0577. The maximum Gasteiger partial charge on any atom is 0.414 e. The Balaban J connectivity index is 2.14. The molecule has 0 spiro atoms. The molecule has 0 radical (unpaired) electrons. The molecule has 0 aromatic heterocycles. The monoisotopic (exact) mass is 458 g/mol. The summed E-state index contributed by atoms with van der Waals surface area (Å²) < 4.78 is 11.4. The summed E-state index contributed by atoms with van der Waals surface area (Å²) in [6.07, 6.45) is 0.836. The molecule has 0 bridgehead atoms. The zero-order valence-electron chi connectivity index (χ0n) is 20.0. The Morgan fingerprint density at radius 3 is 2.34 bits per heavy atom. The van der Waals surface area contributed by atoms with Gasteiger partial charge in [-0.25, -0.2) is 0 Å². The third kappa shape index (κ3) is 7.36. The first-order valence-electron chi connectivity index (χ1n) is 10.7. The van der Waals surface area contributed by atoms with E-state index in [1.54, 1.807) is 7.11 Å². The van der Waals surface area contributed by atoms with E-state index in [1.807, 2.05) is 50.4 Å². The molecule has 0 atom stereocenters. The molecule has 7 heteroatoms. The van der Waals surface area contributed by atoms with Gasteiger partial charge < -0.3 is 19.5 Å². The van der Waals surface area contributed by atoms with Gasteiger partial charge in [0.2, 0.25) is 0 Å². The highest BCUT2D eigenvalue weighted by Gasteiger charge is 2.16. The molecule has 2 rings (SSSR count). The lowest BCUT2D eigenvalue weighted by Gasteiger charge is -2.18. The molecule has 0 aliphatic rings. The molecule has 6 nitrogen and oxygen atoms in total. The molecular weight excluding hydrogens is 422 g/mol. The molecule has 0 saturated heterocycles. The predicted molar refractivity (Wildman–Crippen MR) is 136 cm³/mol. The zero-order chi connectivity index (χ0) is 23.9. The van der Waals surface area contributed by atoms with Crippen molar-refractivity contribution >= 4 is 23.7 Å². The number of aliphatic imine (C=N–C) groups is 1. The Bertz CT molecular complexity index is 950. The van der Waals surface area contributed by atoms with Crippen molar-refractivity contribution in [2.45, 2.75) is 39.5 Å². The summed E-state index contributed by atoms with van der Waals surface area (Å²) in [5, 5.41) is 17.5. The molecule has 0 saturated carbocycles. The highest BCUT2D eigenvalue weighted by atomic mass is 32.1. The van der Waals surface area contributed by atoms with Crippen LogP contribution in [-0.2, 0) is 24.5 Å². The number of likely N-dealkylation sites (N-methyl/N-ethyl adjacent to an activating group) is 1. The number of hydrogen-bond acceptors (Lipinski definition) is 5. The minimum Gasteiger partial charge on any atom is -0.493 e. The Morgan fingerprint density at radius 1 is 1.12 bits per heavy atom. The molecule has 2 N–H and O–H groups in total. The van der Waals surface area contributed by atoms with Crippen LogP contribution in [0.15, 0.2) is 41.4 Å². The Morgan fingerprint density at radius 2 is 1.78 bits per heavy atom. The average molecular weight is 459 g/mol. The van der Waals surface area contributed by atoms with Crippen LogP contribution in [0, 0.1) is 12.3 Å². The number of methoxy groups -OCH3 is 1. The lowest BCUT2D eigenvalue weighted by molar-refractivity contribution is 0.223. The molecule has 0 heterocycles. The van der Waals surface area contributed by atoms with Crippen molar-refractivity contribution < 1.29 is 14.6 Å². The highest BCUT2D eigenvalue weighted by Crippen LogP contribution is 2.31. The average Bonchev–Trinajstić information content (AvgIpc) is 2.72. The van der Waals surface area contributed by atoms with Crippen molar-refractivity contribution in [3.63, 3.8) is 0 Å². The number of aliphatic hydroxyl groups excluding tert-OH is 1. The van der Waals surface area contributed by atoms with Crippen molar-refractivity contribution in [2.24, 2.45) is 4.99 Å². The Hall–Kier alpha value is -2.35. The van der Waals surface area contributed by atoms with E-state index in [0.717, 1.165) is 24.1 Å². The van der Waals surface area contributed by atoms with Crippen molar-refractivity contribution in [3.8, 4) is 11.5 Å². The quantitative estimate of drug-likeness (QED) is 0.360. The molecular formula is C25H36N3O3S+. The van der Waals surface area contributed by atoms with Gasteiger partial charge in [0.05, 0.1) is 26.3 Å². The fraction of sp³-hybridized carbons (Fsp3) is 0.440. The maximum absolute atomic E-state index is 9.06. The summed E-state index contributed by atoms with van der Waals surface area (Å²) in [6.45, 7) is 10.1. The second-order valence-electron chi connectivity index (χ2n) is 8.90. The number of benzene rings is 2. The van der Waals surface area contributed by atoms with E-state index in [4.69, 9.17) is 20.0 Å². The van der Waals surface area contributed by atoms with E-state index >= 15 is 0 Å². The van der Waals surface area contributed by atoms with Crippen LogP contribution in [-0.4, -0.2) is 54.9 Å². The first-order valence-corrected chi connectivity index (χ1v) is 11.2. The van der Waals surface area contributed by atoms with Gasteiger partial charge in [0, 0.05) is 18.7 Å². The number of nitrogens with zero attached hydrogens (tertiary/aromatic N) is 2. The fourth-order valence-electron chi connectivity index (χ4n) is 3.23. The van der Waals surface area contributed by atoms with Crippen LogP contribution in [0.1, 0.15) is 43.0 Å². The third-order valence-electron chi connectivity index (χ3n) is 5.31. The lowest BCUT2D eigenvalue weighted by Crippen LogP contribution is -2.24. The number of amidine groups is 1. The summed E-state index contributed by atoms with van der Waals surface area (Å²) in [6, 6.07) is 11.7. The van der Waals surface area contributed by atoms with Crippen molar-refractivity contribution in [1.82, 2.24) is 4.90 Å². The summed E-state index contributed by atoms with van der Waals surface area (Å²) in [4.78, 5) is 6.33. The van der Waals surface area contributed by atoms with Gasteiger partial charge in [-0.2, -0.15) is 0 Å². The van der Waals surface area contributed by atoms with Crippen LogP contribution in [0.5, 0.6) is 11.5 Å². The topological polar surface area (TPSA) is 78.1 Å². The van der Waals surface area contributed by atoms with Gasteiger partial charge in [0.15, 0.2) is 17.3 Å². The number of rotatable bonds is 8. The van der Waals surface area contributed by atoms with Crippen LogP contribution < -0.4 is 9.47 Å². The molecule has 0 unspecified atom stereocenters. The first kappa shape index (κ1) is 25.9. The zero-order valence-corrected chi connectivity index (χ0v) is 21.0. The van der Waals surface area contributed by atoms with E-state index in [9.17, 15) is 0 Å². The summed E-state index contributed by atoms with van der Waals surface area (Å²) in [5.74, 6) is 1.24. The third-order valence-corrected chi connectivity index (χ3v) is 5.52. The van der Waals surface area contributed by atoms with E-state index in [0.29, 0.717) is 23.6 Å². The molecule has 0 aliphatic heterocycles. The first-order chi connectivity index (χ1) is 15.0. The van der Waals surface area contributed by atoms with Crippen molar-refractivity contribution in [1.29, 1.82) is 5.41 Å². The standard InChI is InChI=1S/C25H35N3O3S/c1-17-15-22(21(30-6)16-19(17)11-12-28(5)13-14-29)31-24(32)27-23(26)18-7-9-20(10-8-18)25(2,3)4/h7-10,15-16,29H,11-14H2,1-6H3,(H2,26,27,32)/p+1. The lowest BCUT2D eigenvalue weighted by atomic mass is 9.87. The highest BCUT2D eigenvalue weighted by molar-refractivity contribution is 7.77. The largest absolute Gasteiger partial charge is 0.493 e. The van der Waals surface area contributed by atoms with Crippen LogP contribution in [0.25, 0.3) is 0 Å². The number of hydrogen-bond donors (Lipinski definition) is 2. The van der Waals surface area contributed by atoms with Gasteiger partial charge in [-0.1, -0.05) is 45.0 Å². The molecule has 0 fully saturated rings. The van der Waals surface area contributed by atoms with Gasteiger partial charge in [0.1, 0.15) is 0 Å². The second kappa shape index (κ2) is 11.5. The van der Waals surface area contributed by atoms with Crippen LogP contribution >= 0.6 is 0 Å². The van der Waals surface area contributed by atoms with Crippen LogP contribution in [0.2, 0.25) is 0 Å². The molecule has 0 aliphatic carbocycles. The Labute approximate surface area is 197 Å². The Kier molecular flexibility index (Phi) is 9.31. The van der Waals surface area contributed by atoms with Crippen LogP contribution in [0.4, 0.5) is 0 Å². The fourth-order valence-corrected chi connectivity index (χ4v) is 3.45. The number of aliphatic hydroxyl groups is 1. The van der Waals surface area contributed by atoms with Gasteiger partial charge in [-0.15, -0.1) is 4.99 Å². The van der Waals surface area contributed by atoms with E-state index in [-0.39, 0.29) is 23.1 Å². The van der Waals surface area contributed by atoms with Gasteiger partial charge >= 0.3 is 5.23 Å². The smallest absolute Gasteiger partial charge is 0.414 e. The summed E-state index contributed by atoms with van der Waals surface area (Å²) >= 11 is 3.39. The molecule has 2 aromatic carbocycles. The van der Waals surface area contributed by atoms with Crippen molar-refractivity contribution in [2.75, 3.05) is 33.9 Å². The van der Waals surface area contributed by atoms with E-state index in [2.05, 4.69) is 43.3 Å². The van der Waals surface area contributed by atoms with Gasteiger partial charge in [0.25, 0.3) is 0 Å². The second-order valence-corrected chi connectivity index (χ2v) is 9.33. The molecule has 174 valence electrons. The van der Waals surface area contributed by atoms with E-state index in [1.165, 1.54) is 5.56 Å². The summed E-state index contributed by atoms with van der Waals surface area (Å²) in [7, 11) is 3.59. The normalized spacial score (nSPS) is 12.2. The van der Waals surface area contributed by atoms with Crippen LogP contribution in [0.3, 0.4) is 0 Å². The van der Waals surface area contributed by atoms with E-state index < -0.39 is 0 Å². The number of ether oxygens (including phenoxy) is 2. The predicted octanol–water partition coefficient (Wildman–Crippen LogP) is 3.54. The number of nitrogens with one attached hydrogen (secondary N) is 1. The minimum absolute atomic E-state index is 0.0577. The SMILES string of the molecule is COc1cc(CCN(C)CCO)c(C)cc1OC([SH2+])=NC(=N)c1ccc(C(C)(C)C)cc1. The number of aryl methyl sites for hydroxylation is 1. The van der Waals surface area contributed by atoms with Gasteiger partial charge in [-0.3, -0.25) is 5.41 Å². The van der Waals surface area contributed by atoms with Gasteiger partial charge in [-0.05, 0) is 54.6 Å². The van der Waals surface area contributed by atoms with Crippen molar-refractivity contribution in [3.05, 3.63) is 58.7 Å². The molecule has 2 aromatic rings.